The first-order chi connectivity index (χ1) is 4.81. The number of hydrogen-bond acceptors (Lipinski definition) is 0. The third-order valence-corrected chi connectivity index (χ3v) is 0.669. The first kappa shape index (κ1) is 10.7. The van der Waals surface area contributed by atoms with Crippen LogP contribution >= 0.6 is 27.2 Å². The molecule has 0 aromatic heterocycles. The fourth-order valence-corrected chi connectivity index (χ4v) is 0.371. The Bertz CT molecular complexity index is 157. The molecule has 0 bridgehead atoms. The Morgan fingerprint density at radius 2 is 2.10 bits per heavy atom. The Kier molecular flexibility index (Phi) is 8.41. The van der Waals surface area contributed by atoms with E-state index in [4.69, 9.17) is 0 Å². The Labute approximate surface area is 80.5 Å². The van der Waals surface area contributed by atoms with Crippen LogP contribution in [0.3, 0.4) is 0 Å². The molecule has 1 aromatic carbocycles. The van der Waals surface area contributed by atoms with Gasteiger partial charge in [-0.25, -0.2) is 4.39 Å². The molecular formula is C6H4Br2FZn. The van der Waals surface area contributed by atoms with Gasteiger partial charge in [0.1, 0.15) is 5.82 Å². The van der Waals surface area contributed by atoms with E-state index in [0.29, 0.717) is 0 Å². The normalized spacial score (nSPS) is 7.10. The van der Waals surface area contributed by atoms with E-state index in [9.17, 15) is 4.39 Å². The van der Waals surface area contributed by atoms with Crippen molar-refractivity contribution >= 4 is 27.2 Å². The first-order valence-electron chi connectivity index (χ1n) is 2.54. The minimum absolute atomic E-state index is 0.234. The van der Waals surface area contributed by atoms with E-state index in [0.717, 1.165) is 0 Å². The second-order valence-electron chi connectivity index (χ2n) is 1.32. The molecule has 0 saturated heterocycles. The molecule has 0 aliphatic carbocycles. The monoisotopic (exact) mass is 317 g/mol. The second kappa shape index (κ2) is 7.84. The fourth-order valence-electron chi connectivity index (χ4n) is 0.371. The van der Waals surface area contributed by atoms with Gasteiger partial charge in [0.2, 0.25) is 0 Å². The molecule has 0 spiro atoms. The summed E-state index contributed by atoms with van der Waals surface area (Å²) >= 11 is 6.25. The van der Waals surface area contributed by atoms with Gasteiger partial charge in [0.15, 0.2) is 0 Å². The molecule has 0 atom stereocenters. The molecule has 1 aromatic rings. The maximum absolute atomic E-state index is 11.9. The summed E-state index contributed by atoms with van der Waals surface area (Å²) in [5, 5.41) is 0. The maximum atomic E-state index is 11.9. The zero-order chi connectivity index (χ0) is 7.82. The van der Waals surface area contributed by atoms with E-state index in [1.54, 1.807) is 12.1 Å². The Balaban J connectivity index is 0.000000236. The van der Waals surface area contributed by atoms with E-state index >= 15 is 0 Å². The third-order valence-electron chi connectivity index (χ3n) is 0.669. The van der Waals surface area contributed by atoms with Crippen molar-refractivity contribution in [2.24, 2.45) is 0 Å². The summed E-state index contributed by atoms with van der Waals surface area (Å²) in [4.78, 5) is 0. The summed E-state index contributed by atoms with van der Waals surface area (Å²) in [6, 6.07) is 8.53. The van der Waals surface area contributed by atoms with Crippen LogP contribution in [0.1, 0.15) is 0 Å². The molecule has 1 radical (unpaired) electrons. The van der Waals surface area contributed by atoms with Gasteiger partial charge in [0.25, 0.3) is 0 Å². The molecule has 0 aliphatic rings. The van der Waals surface area contributed by atoms with Crippen molar-refractivity contribution < 1.29 is 17.6 Å². The van der Waals surface area contributed by atoms with Crippen LogP contribution in [-0.4, -0.2) is 0 Å². The van der Waals surface area contributed by atoms with Crippen LogP contribution in [0, 0.1) is 11.9 Å². The van der Waals surface area contributed by atoms with Crippen molar-refractivity contribution in [2.75, 3.05) is 0 Å². The van der Waals surface area contributed by atoms with Crippen molar-refractivity contribution in [1.82, 2.24) is 0 Å². The zero-order valence-corrected chi connectivity index (χ0v) is 11.3. The molecule has 0 fully saturated rings. The average Bonchev–Trinajstić information content (AvgIpc) is 1.91. The van der Waals surface area contributed by atoms with Gasteiger partial charge >= 0.3 is 40.5 Å². The van der Waals surface area contributed by atoms with Crippen molar-refractivity contribution in [3.8, 4) is 0 Å². The van der Waals surface area contributed by atoms with E-state index < -0.39 is 0 Å². The predicted octanol–water partition coefficient (Wildman–Crippen LogP) is 3.31. The molecule has 0 saturated carbocycles. The summed E-state index contributed by atoms with van der Waals surface area (Å²) < 4.78 is 11.9. The second-order valence-corrected chi connectivity index (χ2v) is 15.4. The molecule has 4 heteroatoms. The van der Waals surface area contributed by atoms with Gasteiger partial charge in [-0.1, -0.05) is 12.1 Å². The van der Waals surface area contributed by atoms with Crippen molar-refractivity contribution in [2.45, 2.75) is 0 Å². The standard InChI is InChI=1S/C6H4F.2BrH.Zn/c7-6-4-2-1-3-5-6;;;/h1-2,4-5H;2*1H;/q;;;+2/p-2. The number of benzene rings is 1. The molecule has 10 heavy (non-hydrogen) atoms. The molecule has 0 amide bonds. The Morgan fingerprint density at radius 3 is 2.30 bits per heavy atom. The third kappa shape index (κ3) is 6.85. The molecule has 51 valence electrons. The summed E-state index contributed by atoms with van der Waals surface area (Å²) in [7, 11) is 0. The van der Waals surface area contributed by atoms with Crippen molar-refractivity contribution in [3.63, 3.8) is 0 Å². The summed E-state index contributed by atoms with van der Waals surface area (Å²) in [6.07, 6.45) is 0. The topological polar surface area (TPSA) is 0 Å². The summed E-state index contributed by atoms with van der Waals surface area (Å²) in [5.74, 6) is -0.234. The van der Waals surface area contributed by atoms with Crippen LogP contribution in [0.5, 0.6) is 0 Å². The number of hydrogen-bond donors (Lipinski definition) is 0. The van der Waals surface area contributed by atoms with E-state index in [2.05, 4.69) is 33.3 Å². The van der Waals surface area contributed by atoms with Crippen molar-refractivity contribution in [1.29, 1.82) is 0 Å². The predicted molar refractivity (Wildman–Crippen MR) is 43.1 cm³/mol. The Morgan fingerprint density at radius 1 is 1.50 bits per heavy atom. The molecular weight excluding hydrogens is 316 g/mol. The Hall–Kier alpha value is 0.733. The average molecular weight is 320 g/mol. The number of halogens is 3. The van der Waals surface area contributed by atoms with Crippen LogP contribution < -0.4 is 0 Å². The van der Waals surface area contributed by atoms with Gasteiger partial charge in [0, 0.05) is 0 Å². The first-order valence-corrected chi connectivity index (χ1v) is 16.4. The van der Waals surface area contributed by atoms with Gasteiger partial charge in [-0.05, 0) is 18.2 Å². The summed E-state index contributed by atoms with van der Waals surface area (Å²) in [5.41, 5.74) is 0. The van der Waals surface area contributed by atoms with Crippen LogP contribution in [0.2, 0.25) is 0 Å². The minimum atomic E-state index is -0.250. The summed E-state index contributed by atoms with van der Waals surface area (Å²) in [6.45, 7) is 0. The molecule has 0 N–H and O–H groups in total. The molecule has 0 aliphatic heterocycles. The van der Waals surface area contributed by atoms with Gasteiger partial charge in [0.05, 0.1) is 0 Å². The van der Waals surface area contributed by atoms with Crippen LogP contribution in [0.25, 0.3) is 0 Å². The van der Waals surface area contributed by atoms with E-state index in [1.807, 2.05) is 0 Å². The van der Waals surface area contributed by atoms with Crippen molar-refractivity contribution in [3.05, 3.63) is 36.1 Å². The van der Waals surface area contributed by atoms with Gasteiger partial charge in [-0.2, -0.15) is 0 Å². The zero-order valence-electron chi connectivity index (χ0n) is 5.15. The van der Waals surface area contributed by atoms with Gasteiger partial charge < -0.3 is 0 Å². The molecule has 0 unspecified atom stereocenters. The van der Waals surface area contributed by atoms with Gasteiger partial charge in [-0.3, -0.25) is 0 Å². The van der Waals surface area contributed by atoms with E-state index in [-0.39, 0.29) is 19.0 Å². The van der Waals surface area contributed by atoms with E-state index in [1.165, 1.54) is 12.1 Å². The number of rotatable bonds is 0. The molecule has 0 nitrogen and oxygen atoms in total. The SMILES string of the molecule is Fc1c[c]ccc1.[Br][Zn][Br]. The molecule has 0 heterocycles. The van der Waals surface area contributed by atoms with Crippen LogP contribution in [0.4, 0.5) is 4.39 Å². The van der Waals surface area contributed by atoms with Crippen LogP contribution in [0.15, 0.2) is 24.3 Å². The fraction of sp³-hybridized carbons (Fsp3) is 0. The van der Waals surface area contributed by atoms with Gasteiger partial charge in [-0.15, -0.1) is 0 Å². The quantitative estimate of drug-likeness (QED) is 0.644. The van der Waals surface area contributed by atoms with Crippen LogP contribution in [-0.2, 0) is 13.2 Å². The molecule has 1 rings (SSSR count).